The number of fused-ring (bicyclic) bond motifs is 1. The summed E-state index contributed by atoms with van der Waals surface area (Å²) in [5.74, 6) is -0.0673. The van der Waals surface area contributed by atoms with Gasteiger partial charge in [0.1, 0.15) is 0 Å². The van der Waals surface area contributed by atoms with Gasteiger partial charge < -0.3 is 4.90 Å². The van der Waals surface area contributed by atoms with Crippen molar-refractivity contribution in [1.29, 1.82) is 0 Å². The minimum atomic E-state index is -3.36. The molecule has 0 radical (unpaired) electrons. The van der Waals surface area contributed by atoms with E-state index in [1.807, 2.05) is 14.1 Å². The van der Waals surface area contributed by atoms with Gasteiger partial charge >= 0.3 is 0 Å². The maximum Gasteiger partial charge on any atom is 0.215 e. The molecule has 3 rings (SSSR count). The zero-order chi connectivity index (χ0) is 20.1. The van der Waals surface area contributed by atoms with Crippen molar-refractivity contribution in [1.82, 2.24) is 9.62 Å². The molecule has 1 heterocycles. The molecular weight excluding hydrogens is 370 g/mol. The molecule has 0 unspecified atom stereocenters. The van der Waals surface area contributed by atoms with Gasteiger partial charge in [-0.3, -0.25) is 4.90 Å². The third-order valence-electron chi connectivity index (χ3n) is 5.23. The number of hydrogen-bond donors (Lipinski definition) is 1. The van der Waals surface area contributed by atoms with E-state index in [0.717, 1.165) is 30.8 Å². The van der Waals surface area contributed by atoms with Gasteiger partial charge in [-0.2, -0.15) is 0 Å². The average molecular weight is 400 g/mol. The Hall–Kier alpha value is -2.15. The minimum absolute atomic E-state index is 0.0239. The van der Waals surface area contributed by atoms with E-state index < -0.39 is 10.0 Å². The minimum Gasteiger partial charge on any atom is -0.378 e. The molecule has 0 bridgehead atoms. The molecule has 6 heteroatoms. The molecule has 1 aliphatic rings. The number of hydrogen-bond acceptors (Lipinski definition) is 4. The van der Waals surface area contributed by atoms with Crippen molar-refractivity contribution >= 4 is 15.7 Å². The first kappa shape index (κ1) is 20.6. The highest BCUT2D eigenvalue weighted by atomic mass is 32.2. The van der Waals surface area contributed by atoms with Gasteiger partial charge in [-0.25, -0.2) is 13.1 Å². The SMILES string of the molecule is C=CCS(=O)(=O)NC[C@H](c1ccc(N(C)C)cc1)N1CCc2ccccc2C1. The molecule has 0 aliphatic carbocycles. The van der Waals surface area contributed by atoms with Crippen LogP contribution in [-0.4, -0.2) is 46.3 Å². The lowest BCUT2D eigenvalue weighted by molar-refractivity contribution is 0.180. The van der Waals surface area contributed by atoms with Crippen LogP contribution < -0.4 is 9.62 Å². The van der Waals surface area contributed by atoms with Crippen LogP contribution in [0.25, 0.3) is 0 Å². The van der Waals surface area contributed by atoms with Crippen LogP contribution in [0, 0.1) is 0 Å². The number of rotatable bonds is 8. The smallest absolute Gasteiger partial charge is 0.215 e. The van der Waals surface area contributed by atoms with Gasteiger partial charge in [0.15, 0.2) is 0 Å². The van der Waals surface area contributed by atoms with Gasteiger partial charge in [0.25, 0.3) is 0 Å². The number of nitrogens with one attached hydrogen (secondary N) is 1. The second kappa shape index (κ2) is 8.90. The Morgan fingerprint density at radius 1 is 1.14 bits per heavy atom. The van der Waals surface area contributed by atoms with Crippen LogP contribution >= 0.6 is 0 Å². The van der Waals surface area contributed by atoms with E-state index in [0.29, 0.717) is 6.54 Å². The van der Waals surface area contributed by atoms with Crippen molar-refractivity contribution in [2.45, 2.75) is 19.0 Å². The quantitative estimate of drug-likeness (QED) is 0.694. The predicted molar refractivity (Wildman–Crippen MR) is 116 cm³/mol. The standard InChI is InChI=1S/C22H29N3O2S/c1-4-15-28(26,27)23-16-22(19-9-11-21(12-10-19)24(2)3)25-14-13-18-7-5-6-8-20(18)17-25/h4-12,22-23H,1,13-17H2,2-3H3/t22-/m1/s1. The summed E-state index contributed by atoms with van der Waals surface area (Å²) in [6.07, 6.45) is 2.39. The first-order valence-corrected chi connectivity index (χ1v) is 11.2. The van der Waals surface area contributed by atoms with E-state index in [1.54, 1.807) is 0 Å². The third-order valence-corrected chi connectivity index (χ3v) is 6.51. The fourth-order valence-electron chi connectivity index (χ4n) is 3.66. The van der Waals surface area contributed by atoms with Crippen LogP contribution in [-0.2, 0) is 23.0 Å². The third kappa shape index (κ3) is 5.01. The Bertz CT molecular complexity index is 908. The Labute approximate surface area is 168 Å². The second-order valence-corrected chi connectivity index (χ2v) is 9.26. The van der Waals surface area contributed by atoms with Crippen molar-refractivity contribution < 1.29 is 8.42 Å². The lowest BCUT2D eigenvalue weighted by Gasteiger charge is -2.36. The van der Waals surface area contributed by atoms with Crippen molar-refractivity contribution in [3.8, 4) is 0 Å². The predicted octanol–water partition coefficient (Wildman–Crippen LogP) is 2.96. The summed E-state index contributed by atoms with van der Waals surface area (Å²) in [4.78, 5) is 4.42. The summed E-state index contributed by atoms with van der Waals surface area (Å²) in [6.45, 7) is 5.61. The van der Waals surface area contributed by atoms with Gasteiger partial charge in [-0.1, -0.05) is 42.5 Å². The monoisotopic (exact) mass is 399 g/mol. The van der Waals surface area contributed by atoms with E-state index in [2.05, 4.69) is 69.6 Å². The fourth-order valence-corrected chi connectivity index (χ4v) is 4.50. The lowest BCUT2D eigenvalue weighted by atomic mass is 9.96. The number of sulfonamides is 1. The molecule has 5 nitrogen and oxygen atoms in total. The van der Waals surface area contributed by atoms with E-state index in [1.165, 1.54) is 17.2 Å². The molecule has 0 saturated heterocycles. The maximum absolute atomic E-state index is 12.2. The normalized spacial score (nSPS) is 15.6. The summed E-state index contributed by atoms with van der Waals surface area (Å²) in [7, 11) is 0.664. The van der Waals surface area contributed by atoms with Gasteiger partial charge in [-0.05, 0) is 35.2 Å². The highest BCUT2D eigenvalue weighted by Gasteiger charge is 2.26. The van der Waals surface area contributed by atoms with Crippen LogP contribution in [0.15, 0.2) is 61.2 Å². The van der Waals surface area contributed by atoms with Crippen molar-refractivity contribution in [3.05, 3.63) is 77.9 Å². The number of anilines is 1. The average Bonchev–Trinajstić information content (AvgIpc) is 2.68. The highest BCUT2D eigenvalue weighted by Crippen LogP contribution is 2.28. The van der Waals surface area contributed by atoms with Crippen molar-refractivity contribution in [2.24, 2.45) is 0 Å². The Balaban J connectivity index is 1.85. The topological polar surface area (TPSA) is 52.7 Å². The van der Waals surface area contributed by atoms with Gasteiger partial charge in [0, 0.05) is 45.5 Å². The fraction of sp³-hybridized carbons (Fsp3) is 0.364. The first-order chi connectivity index (χ1) is 13.4. The molecule has 1 N–H and O–H groups in total. The van der Waals surface area contributed by atoms with Crippen LogP contribution in [0.5, 0.6) is 0 Å². The molecule has 0 saturated carbocycles. The molecule has 2 aromatic rings. The lowest BCUT2D eigenvalue weighted by Crippen LogP contribution is -2.41. The molecule has 0 spiro atoms. The van der Waals surface area contributed by atoms with E-state index in [4.69, 9.17) is 0 Å². The molecule has 0 amide bonds. The van der Waals surface area contributed by atoms with E-state index in [-0.39, 0.29) is 11.8 Å². The molecule has 0 fully saturated rings. The summed E-state index contributed by atoms with van der Waals surface area (Å²) < 4.78 is 27.1. The Kier molecular flexibility index (Phi) is 6.54. The maximum atomic E-state index is 12.2. The van der Waals surface area contributed by atoms with Crippen LogP contribution in [0.1, 0.15) is 22.7 Å². The van der Waals surface area contributed by atoms with E-state index >= 15 is 0 Å². The molecular formula is C22H29N3O2S. The largest absolute Gasteiger partial charge is 0.378 e. The molecule has 2 aromatic carbocycles. The molecule has 150 valence electrons. The molecule has 28 heavy (non-hydrogen) atoms. The van der Waals surface area contributed by atoms with Crippen LogP contribution in [0.3, 0.4) is 0 Å². The Morgan fingerprint density at radius 2 is 1.82 bits per heavy atom. The second-order valence-electron chi connectivity index (χ2n) is 7.41. The van der Waals surface area contributed by atoms with Crippen LogP contribution in [0.4, 0.5) is 5.69 Å². The summed E-state index contributed by atoms with van der Waals surface area (Å²) >= 11 is 0. The molecule has 1 aliphatic heterocycles. The zero-order valence-corrected chi connectivity index (χ0v) is 17.5. The molecule has 0 aromatic heterocycles. The van der Waals surface area contributed by atoms with E-state index in [9.17, 15) is 8.42 Å². The van der Waals surface area contributed by atoms with Gasteiger partial charge in [0.2, 0.25) is 10.0 Å². The number of benzene rings is 2. The van der Waals surface area contributed by atoms with Gasteiger partial charge in [-0.15, -0.1) is 6.58 Å². The summed E-state index contributed by atoms with van der Waals surface area (Å²) in [5, 5.41) is 0. The summed E-state index contributed by atoms with van der Waals surface area (Å²) in [5.41, 5.74) is 4.94. The van der Waals surface area contributed by atoms with Crippen molar-refractivity contribution in [2.75, 3.05) is 37.8 Å². The summed E-state index contributed by atoms with van der Waals surface area (Å²) in [6, 6.07) is 16.8. The zero-order valence-electron chi connectivity index (χ0n) is 16.6. The highest BCUT2D eigenvalue weighted by molar-refractivity contribution is 7.89. The van der Waals surface area contributed by atoms with Crippen molar-refractivity contribution in [3.63, 3.8) is 0 Å². The first-order valence-electron chi connectivity index (χ1n) is 9.56. The number of nitrogens with zero attached hydrogens (tertiary/aromatic N) is 2. The van der Waals surface area contributed by atoms with Gasteiger partial charge in [0.05, 0.1) is 5.75 Å². The Morgan fingerprint density at radius 3 is 2.46 bits per heavy atom. The molecule has 1 atom stereocenters. The van der Waals surface area contributed by atoms with Crippen LogP contribution in [0.2, 0.25) is 0 Å².